The molecule has 0 aliphatic heterocycles. The molecule has 0 heterocycles. The summed E-state index contributed by atoms with van der Waals surface area (Å²) in [5, 5.41) is 6.50. The highest BCUT2D eigenvalue weighted by Crippen LogP contribution is 2.08. The average Bonchev–Trinajstić information content (AvgIpc) is 2.51. The van der Waals surface area contributed by atoms with E-state index in [1.807, 2.05) is 31.2 Å². The Balaban J connectivity index is 0.00000529. The van der Waals surface area contributed by atoms with E-state index in [4.69, 9.17) is 0 Å². The van der Waals surface area contributed by atoms with Crippen LogP contribution in [0.5, 0.6) is 0 Å². The molecule has 1 aromatic carbocycles. The lowest BCUT2D eigenvalue weighted by molar-refractivity contribution is 0.587. The minimum absolute atomic E-state index is 0. The number of nitrogens with zero attached hydrogens (tertiary/aromatic N) is 1. The summed E-state index contributed by atoms with van der Waals surface area (Å²) in [7, 11) is -1.81. The van der Waals surface area contributed by atoms with E-state index in [1.165, 1.54) is 7.05 Å². The van der Waals surface area contributed by atoms with Crippen molar-refractivity contribution in [3.05, 3.63) is 35.4 Å². The van der Waals surface area contributed by atoms with Gasteiger partial charge in [0.25, 0.3) is 0 Å². The highest BCUT2D eigenvalue weighted by Gasteiger charge is 2.08. The fourth-order valence-corrected chi connectivity index (χ4v) is 2.62. The molecular weight excluding hydrogens is 439 g/mol. The van der Waals surface area contributed by atoms with Crippen LogP contribution in [-0.4, -0.2) is 34.5 Å². The van der Waals surface area contributed by atoms with Crippen LogP contribution in [-0.2, 0) is 22.3 Å². The Bertz CT molecular complexity index is 601. The van der Waals surface area contributed by atoms with Crippen molar-refractivity contribution in [1.29, 1.82) is 0 Å². The van der Waals surface area contributed by atoms with Gasteiger partial charge in [-0.3, -0.25) is 0 Å². The van der Waals surface area contributed by atoms with E-state index in [1.54, 1.807) is 0 Å². The van der Waals surface area contributed by atoms with Crippen LogP contribution in [0.2, 0.25) is 0 Å². The van der Waals surface area contributed by atoms with Crippen molar-refractivity contribution in [1.82, 2.24) is 15.4 Å². The number of sulfonamides is 1. The van der Waals surface area contributed by atoms with Crippen molar-refractivity contribution >= 4 is 40.0 Å². The minimum Gasteiger partial charge on any atom is -0.357 e. The molecule has 8 heteroatoms. The van der Waals surface area contributed by atoms with Gasteiger partial charge in [-0.25, -0.2) is 18.1 Å². The second kappa shape index (κ2) is 11.6. The van der Waals surface area contributed by atoms with E-state index >= 15 is 0 Å². The van der Waals surface area contributed by atoms with Crippen molar-refractivity contribution in [2.75, 3.05) is 20.1 Å². The van der Waals surface area contributed by atoms with Crippen molar-refractivity contribution in [2.45, 2.75) is 33.1 Å². The molecule has 0 atom stereocenters. The Kier molecular flexibility index (Phi) is 11.2. The van der Waals surface area contributed by atoms with Gasteiger partial charge < -0.3 is 10.6 Å². The summed E-state index contributed by atoms with van der Waals surface area (Å²) >= 11 is 0. The van der Waals surface area contributed by atoms with Crippen molar-refractivity contribution in [2.24, 2.45) is 10.9 Å². The van der Waals surface area contributed by atoms with E-state index in [-0.39, 0.29) is 29.7 Å². The molecule has 0 saturated carbocycles. The maximum absolute atomic E-state index is 11.5. The van der Waals surface area contributed by atoms with E-state index in [0.29, 0.717) is 12.5 Å². The van der Waals surface area contributed by atoms with E-state index in [9.17, 15) is 8.42 Å². The first-order chi connectivity index (χ1) is 10.9. The standard InChI is InChI=1S/C16H28N4O2S.HI/c1-5-18-16(19-10-13(2)3)20-11-14-6-8-15(9-7-14)12-23(21,22)17-4;/h6-9,13,17H,5,10-12H2,1-4H3,(H2,18,19,20);1H. The summed E-state index contributed by atoms with van der Waals surface area (Å²) in [6.45, 7) is 8.55. The number of hydrogen-bond donors (Lipinski definition) is 3. The van der Waals surface area contributed by atoms with Gasteiger partial charge in [-0.1, -0.05) is 38.1 Å². The number of hydrogen-bond acceptors (Lipinski definition) is 3. The van der Waals surface area contributed by atoms with Crippen molar-refractivity contribution < 1.29 is 8.42 Å². The highest BCUT2D eigenvalue weighted by atomic mass is 127. The first-order valence-corrected chi connectivity index (χ1v) is 9.52. The lowest BCUT2D eigenvalue weighted by Gasteiger charge is -2.13. The number of aliphatic imine (C=N–C) groups is 1. The van der Waals surface area contributed by atoms with Crippen LogP contribution in [0.4, 0.5) is 0 Å². The molecule has 3 N–H and O–H groups in total. The summed E-state index contributed by atoms with van der Waals surface area (Å²) in [6.07, 6.45) is 0. The van der Waals surface area contributed by atoms with Crippen LogP contribution in [0, 0.1) is 5.92 Å². The number of rotatable bonds is 8. The Morgan fingerprint density at radius 2 is 1.71 bits per heavy atom. The third-order valence-electron chi connectivity index (χ3n) is 3.13. The van der Waals surface area contributed by atoms with Gasteiger partial charge in [-0.05, 0) is 31.0 Å². The summed E-state index contributed by atoms with van der Waals surface area (Å²) in [5.41, 5.74) is 1.80. The average molecular weight is 468 g/mol. The fourth-order valence-electron chi connectivity index (χ4n) is 1.85. The van der Waals surface area contributed by atoms with Crippen molar-refractivity contribution in [3.8, 4) is 0 Å². The predicted molar refractivity (Wildman–Crippen MR) is 111 cm³/mol. The Morgan fingerprint density at radius 1 is 1.12 bits per heavy atom. The lowest BCUT2D eigenvalue weighted by atomic mass is 10.1. The topological polar surface area (TPSA) is 82.6 Å². The second-order valence-corrected chi connectivity index (χ2v) is 7.68. The summed E-state index contributed by atoms with van der Waals surface area (Å²) in [5.74, 6) is 1.33. The van der Waals surface area contributed by atoms with Gasteiger partial charge in [0.15, 0.2) is 5.96 Å². The maximum Gasteiger partial charge on any atom is 0.215 e. The van der Waals surface area contributed by atoms with Crippen LogP contribution in [0.3, 0.4) is 0 Å². The zero-order valence-corrected chi connectivity index (χ0v) is 17.9. The Hall–Kier alpha value is -0.870. The second-order valence-electron chi connectivity index (χ2n) is 5.75. The number of guanidine groups is 1. The van der Waals surface area contributed by atoms with E-state index in [2.05, 4.69) is 34.2 Å². The molecule has 0 aromatic heterocycles. The maximum atomic E-state index is 11.5. The van der Waals surface area contributed by atoms with Crippen LogP contribution in [0.15, 0.2) is 29.3 Å². The van der Waals surface area contributed by atoms with Gasteiger partial charge in [0, 0.05) is 13.1 Å². The molecule has 6 nitrogen and oxygen atoms in total. The third kappa shape index (κ3) is 9.43. The monoisotopic (exact) mass is 468 g/mol. The quantitative estimate of drug-likeness (QED) is 0.310. The molecule has 0 amide bonds. The molecule has 0 saturated heterocycles. The summed E-state index contributed by atoms with van der Waals surface area (Å²) in [4.78, 5) is 4.54. The highest BCUT2D eigenvalue weighted by molar-refractivity contribution is 14.0. The molecule has 0 spiro atoms. The van der Waals surface area contributed by atoms with E-state index < -0.39 is 10.0 Å². The van der Waals surface area contributed by atoms with Gasteiger partial charge >= 0.3 is 0 Å². The normalized spacial score (nSPS) is 12.0. The van der Waals surface area contributed by atoms with Crippen molar-refractivity contribution in [3.63, 3.8) is 0 Å². The van der Waals surface area contributed by atoms with Gasteiger partial charge in [0.2, 0.25) is 10.0 Å². The largest absolute Gasteiger partial charge is 0.357 e. The molecule has 0 fully saturated rings. The molecule has 1 rings (SSSR count). The molecule has 0 unspecified atom stereocenters. The molecule has 0 radical (unpaired) electrons. The molecule has 1 aromatic rings. The van der Waals surface area contributed by atoms with Crippen LogP contribution in [0.1, 0.15) is 31.9 Å². The Labute approximate surface area is 163 Å². The molecule has 0 aliphatic rings. The zero-order valence-electron chi connectivity index (χ0n) is 14.8. The molecule has 0 bridgehead atoms. The van der Waals surface area contributed by atoms with Gasteiger partial charge in [-0.15, -0.1) is 24.0 Å². The molecule has 0 aliphatic carbocycles. The number of benzene rings is 1. The minimum atomic E-state index is -3.23. The fraction of sp³-hybridized carbons (Fsp3) is 0.562. The van der Waals surface area contributed by atoms with Crippen LogP contribution >= 0.6 is 24.0 Å². The van der Waals surface area contributed by atoms with Crippen LogP contribution < -0.4 is 15.4 Å². The third-order valence-corrected chi connectivity index (χ3v) is 4.47. The van der Waals surface area contributed by atoms with Crippen LogP contribution in [0.25, 0.3) is 0 Å². The smallest absolute Gasteiger partial charge is 0.215 e. The zero-order chi connectivity index (χ0) is 17.3. The number of nitrogens with one attached hydrogen (secondary N) is 3. The summed E-state index contributed by atoms with van der Waals surface area (Å²) in [6, 6.07) is 7.48. The SMILES string of the molecule is CCNC(=NCc1ccc(CS(=O)(=O)NC)cc1)NCC(C)C.I. The summed E-state index contributed by atoms with van der Waals surface area (Å²) < 4.78 is 25.4. The number of halogens is 1. The molecular formula is C16H29IN4O2S. The first-order valence-electron chi connectivity index (χ1n) is 7.87. The predicted octanol–water partition coefficient (Wildman–Crippen LogP) is 2.06. The lowest BCUT2D eigenvalue weighted by Crippen LogP contribution is -2.39. The van der Waals surface area contributed by atoms with E-state index in [0.717, 1.165) is 30.2 Å². The van der Waals surface area contributed by atoms with Gasteiger partial charge in [-0.2, -0.15) is 0 Å². The molecule has 138 valence electrons. The molecule has 24 heavy (non-hydrogen) atoms. The van der Waals surface area contributed by atoms with Gasteiger partial charge in [0.1, 0.15) is 0 Å². The Morgan fingerprint density at radius 3 is 2.21 bits per heavy atom. The van der Waals surface area contributed by atoms with Gasteiger partial charge in [0.05, 0.1) is 12.3 Å². The first kappa shape index (κ1) is 23.1.